The number of carboxylic acid groups (broad SMARTS) is 1. The minimum absolute atomic E-state index is 0.000949. The number of benzene rings is 1. The summed E-state index contributed by atoms with van der Waals surface area (Å²) in [6.07, 6.45) is 6.20. The summed E-state index contributed by atoms with van der Waals surface area (Å²) in [6, 6.07) is 0.402. The maximum atomic E-state index is 15.9. The zero-order valence-corrected chi connectivity index (χ0v) is 37.2. The number of hydrogen-bond acceptors (Lipinski definition) is 14. The fraction of sp³-hybridized carbons (Fsp3) is 0.596. The molecule has 9 atom stereocenters. The molecule has 4 saturated carbocycles. The van der Waals surface area contributed by atoms with Gasteiger partial charge < -0.3 is 48.6 Å². The van der Waals surface area contributed by atoms with E-state index in [0.29, 0.717) is 19.3 Å². The fourth-order valence-corrected chi connectivity index (χ4v) is 12.0. The summed E-state index contributed by atoms with van der Waals surface area (Å²) >= 11 is 0. The van der Waals surface area contributed by atoms with Gasteiger partial charge in [0.1, 0.15) is 16.9 Å². The van der Waals surface area contributed by atoms with Crippen LogP contribution in [-0.2, 0) is 33.4 Å². The van der Waals surface area contributed by atoms with Crippen molar-refractivity contribution in [3.8, 4) is 5.75 Å². The number of fused-ring (bicyclic) bond motifs is 6. The number of aromatic carboxylic acids is 1. The van der Waals surface area contributed by atoms with E-state index >= 15 is 4.39 Å². The van der Waals surface area contributed by atoms with Crippen LogP contribution in [0.5, 0.6) is 5.75 Å². The third-order valence-corrected chi connectivity index (χ3v) is 15.3. The van der Waals surface area contributed by atoms with Crippen molar-refractivity contribution >= 4 is 52.2 Å². The van der Waals surface area contributed by atoms with Crippen molar-refractivity contribution in [1.82, 2.24) is 9.47 Å². The van der Waals surface area contributed by atoms with Crippen molar-refractivity contribution in [2.24, 2.45) is 28.6 Å². The number of aromatic nitrogens is 1. The number of carbonyl (C=O) groups excluding carboxylic acids is 5. The molecular formula is C47H56FN3O14. The number of esters is 2. The smallest absolute Gasteiger partial charge is 0.413 e. The Bertz CT molecular complexity index is 2480. The molecule has 1 aromatic carbocycles. The number of aliphatic hydroxyl groups is 2. The van der Waals surface area contributed by atoms with Gasteiger partial charge in [-0.1, -0.05) is 25.5 Å². The highest BCUT2D eigenvalue weighted by Gasteiger charge is 2.68. The Morgan fingerprint density at radius 3 is 2.42 bits per heavy atom. The highest BCUT2D eigenvalue weighted by Crippen LogP contribution is 2.67. The van der Waals surface area contributed by atoms with Crippen molar-refractivity contribution in [1.29, 1.82) is 0 Å². The molecule has 350 valence electrons. The molecule has 0 spiro atoms. The number of methoxy groups -OCH3 is 1. The highest BCUT2D eigenvalue weighted by atomic mass is 19.1. The van der Waals surface area contributed by atoms with E-state index in [1.807, 2.05) is 19.9 Å². The highest BCUT2D eigenvalue weighted by molar-refractivity contribution is 6.01. The van der Waals surface area contributed by atoms with Gasteiger partial charge in [0.25, 0.3) is 0 Å². The molecule has 1 aliphatic heterocycles. The zero-order chi connectivity index (χ0) is 46.9. The van der Waals surface area contributed by atoms with Crippen LogP contribution in [0.2, 0.25) is 0 Å². The number of aliphatic hydroxyl groups excluding tert-OH is 1. The molecule has 5 fully saturated rings. The predicted molar refractivity (Wildman–Crippen MR) is 229 cm³/mol. The third kappa shape index (κ3) is 7.89. The van der Waals surface area contributed by atoms with E-state index in [1.54, 1.807) is 28.5 Å². The standard InChI is InChI=1S/C47H56FN3O14/c1-24-21-49(40-33(48)19-30-39(42(40)62-5)51(27-7-8-27)22-31(41(30)57)43(58)59)16-17-50(24)44(60)65-25(2)64-37(56)11-10-36(55)63-23-35(54)47(61)15-13-32-29-9-6-26-18-28(52)12-14-45(26,3)38(29)34(53)20-46(32,47)4/h12,14,18-19,22,24-25,27,29,32,34,38,53,61H,6-11,13,15-17,20-21,23H2,1-5H3,(H,58,59)/t24?,25?,29?,32?,34-,38?,45-,46-,47-/m0/s1. The molecule has 0 bridgehead atoms. The molecule has 0 radical (unpaired) electrons. The van der Waals surface area contributed by atoms with Crippen molar-refractivity contribution < 1.29 is 67.4 Å². The van der Waals surface area contributed by atoms with Crippen LogP contribution >= 0.6 is 0 Å². The van der Waals surface area contributed by atoms with E-state index in [0.717, 1.165) is 24.5 Å². The Kier molecular flexibility index (Phi) is 12.0. The number of Topliss-reactive ketones (excluding diaryl/α,β-unsaturated/α-hetero) is 1. The molecule has 17 nitrogen and oxygen atoms in total. The summed E-state index contributed by atoms with van der Waals surface area (Å²) in [5, 5.41) is 33.1. The van der Waals surface area contributed by atoms with E-state index in [2.05, 4.69) is 0 Å². The number of ether oxygens (including phenoxy) is 4. The fourth-order valence-electron chi connectivity index (χ4n) is 12.0. The number of pyridine rings is 1. The number of carboxylic acids is 1. The van der Waals surface area contributed by atoms with Crippen LogP contribution in [0.25, 0.3) is 10.9 Å². The first-order valence-corrected chi connectivity index (χ1v) is 22.4. The lowest BCUT2D eigenvalue weighted by molar-refractivity contribution is -0.181. The number of halogens is 1. The molecule has 6 aliphatic rings. The summed E-state index contributed by atoms with van der Waals surface area (Å²) in [7, 11) is 1.34. The Morgan fingerprint density at radius 1 is 1.02 bits per heavy atom. The first kappa shape index (κ1) is 45.9. The molecule has 1 aromatic heterocycles. The van der Waals surface area contributed by atoms with Gasteiger partial charge in [-0.25, -0.2) is 14.0 Å². The minimum Gasteiger partial charge on any atom is -0.492 e. The van der Waals surface area contributed by atoms with Gasteiger partial charge >= 0.3 is 24.0 Å². The van der Waals surface area contributed by atoms with E-state index in [-0.39, 0.29) is 84.4 Å². The Morgan fingerprint density at radius 2 is 1.74 bits per heavy atom. The van der Waals surface area contributed by atoms with Gasteiger partial charge in [-0.2, -0.15) is 0 Å². The second kappa shape index (κ2) is 17.0. The largest absolute Gasteiger partial charge is 0.492 e. The van der Waals surface area contributed by atoms with E-state index < -0.39 is 101 Å². The molecule has 5 aliphatic carbocycles. The number of carbonyl (C=O) groups is 6. The van der Waals surface area contributed by atoms with Gasteiger partial charge in [-0.05, 0) is 81.9 Å². The lowest BCUT2D eigenvalue weighted by atomic mass is 9.46. The first-order valence-electron chi connectivity index (χ1n) is 22.4. The van der Waals surface area contributed by atoms with Crippen LogP contribution in [0.1, 0.15) is 102 Å². The van der Waals surface area contributed by atoms with Crippen LogP contribution in [0.4, 0.5) is 14.9 Å². The van der Waals surface area contributed by atoms with Gasteiger partial charge in [0.05, 0.1) is 37.0 Å². The van der Waals surface area contributed by atoms with E-state index in [1.165, 1.54) is 25.1 Å². The van der Waals surface area contributed by atoms with Gasteiger partial charge in [0.2, 0.25) is 17.5 Å². The Labute approximate surface area is 374 Å². The second-order valence-electron chi connectivity index (χ2n) is 19.1. The van der Waals surface area contributed by atoms with E-state index in [9.17, 15) is 48.9 Å². The monoisotopic (exact) mass is 905 g/mol. The normalized spacial score (nSPS) is 31.0. The number of anilines is 1. The van der Waals surface area contributed by atoms with Crippen molar-refractivity contribution in [3.63, 3.8) is 0 Å². The zero-order valence-electron chi connectivity index (χ0n) is 37.2. The van der Waals surface area contributed by atoms with Crippen LogP contribution in [0.15, 0.2) is 40.9 Å². The van der Waals surface area contributed by atoms with Crippen molar-refractivity contribution in [3.05, 3.63) is 57.7 Å². The minimum atomic E-state index is -1.85. The molecule has 3 N–H and O–H groups in total. The number of ketones is 2. The van der Waals surface area contributed by atoms with Gasteiger partial charge in [-0.15, -0.1) is 0 Å². The molecule has 1 saturated heterocycles. The molecule has 65 heavy (non-hydrogen) atoms. The van der Waals surface area contributed by atoms with Crippen molar-refractivity contribution in [2.75, 3.05) is 38.3 Å². The van der Waals surface area contributed by atoms with Gasteiger partial charge in [-0.3, -0.25) is 24.0 Å². The summed E-state index contributed by atoms with van der Waals surface area (Å²) in [4.78, 5) is 92.5. The van der Waals surface area contributed by atoms with Crippen molar-refractivity contribution in [2.45, 2.75) is 116 Å². The number of nitrogens with zero attached hydrogens (tertiary/aromatic N) is 3. The van der Waals surface area contributed by atoms with Crippen LogP contribution in [-0.4, -0.2) is 118 Å². The SMILES string of the molecule is COc1c(N2CCN(C(=O)OC(C)OC(=O)CCC(=O)OCC(=O)[C@@]3(O)CCC4C5CCC6=CC(=O)C=C[C@]6(C)C5[C@@H](O)C[C@@]43C)C(C)C2)c(F)cc2c(=O)c(C(=O)O)cn(C3CC3)c12. The molecule has 5 unspecified atom stereocenters. The van der Waals surface area contributed by atoms with Crippen LogP contribution < -0.4 is 15.1 Å². The maximum absolute atomic E-state index is 15.9. The summed E-state index contributed by atoms with van der Waals surface area (Å²) in [6.45, 7) is 6.49. The number of rotatable bonds is 12. The first-order chi connectivity index (χ1) is 30.7. The Balaban J connectivity index is 0.814. The second-order valence-corrected chi connectivity index (χ2v) is 19.1. The van der Waals surface area contributed by atoms with E-state index in [4.69, 9.17) is 18.9 Å². The predicted octanol–water partition coefficient (Wildman–Crippen LogP) is 4.62. The van der Waals surface area contributed by atoms with Crippen LogP contribution in [0, 0.1) is 34.4 Å². The molecule has 1 amide bonds. The topological polar surface area (TPSA) is 229 Å². The third-order valence-electron chi connectivity index (χ3n) is 15.3. The Hall–Kier alpha value is -5.62. The van der Waals surface area contributed by atoms with Gasteiger partial charge in [0.15, 0.2) is 24.0 Å². The molecule has 2 heterocycles. The molecule has 8 rings (SSSR count). The summed E-state index contributed by atoms with van der Waals surface area (Å²) in [5.74, 6) is -4.90. The quantitative estimate of drug-likeness (QED) is 0.195. The molecular weight excluding hydrogens is 850 g/mol. The molecule has 18 heteroatoms. The lowest BCUT2D eigenvalue weighted by Crippen LogP contribution is -2.61. The summed E-state index contributed by atoms with van der Waals surface area (Å²) < 4.78 is 39.1. The lowest BCUT2D eigenvalue weighted by Gasteiger charge is -2.59. The average molecular weight is 906 g/mol. The molecule has 2 aromatic rings. The van der Waals surface area contributed by atoms with Crippen LogP contribution in [0.3, 0.4) is 0 Å². The maximum Gasteiger partial charge on any atom is 0.413 e. The average Bonchev–Trinajstić information content (AvgIpc) is 4.05. The number of piperazine rings is 1. The van der Waals surface area contributed by atoms with Gasteiger partial charge in [0, 0.05) is 61.6 Å². The number of hydrogen-bond donors (Lipinski definition) is 3. The number of amides is 1. The number of allylic oxidation sites excluding steroid dienone is 4. The summed E-state index contributed by atoms with van der Waals surface area (Å²) in [5.41, 5.74) is -3.28.